The first-order valence-electron chi connectivity index (χ1n) is 5.20. The van der Waals surface area contributed by atoms with Gasteiger partial charge in [0.05, 0.1) is 0 Å². The second-order valence-corrected chi connectivity index (χ2v) is 7.09. The van der Waals surface area contributed by atoms with E-state index in [0.717, 1.165) is 0 Å². The normalized spacial score (nSPS) is 19.6. The summed E-state index contributed by atoms with van der Waals surface area (Å²) in [4.78, 5) is 0. The van der Waals surface area contributed by atoms with Crippen LogP contribution in [0.15, 0.2) is 35.5 Å². The highest BCUT2D eigenvalue weighted by molar-refractivity contribution is 7.87. The number of nitrogens with zero attached hydrogens (tertiary/aromatic N) is 1. The van der Waals surface area contributed by atoms with Crippen molar-refractivity contribution in [2.45, 2.75) is 5.50 Å². The zero-order valence-corrected chi connectivity index (χ0v) is 13.6. The van der Waals surface area contributed by atoms with Crippen molar-refractivity contribution < 1.29 is 8.42 Å². The fraction of sp³-hybridized carbons (Fsp3) is 0.0909. The minimum Gasteiger partial charge on any atom is -0.226 e. The maximum atomic E-state index is 11.4. The van der Waals surface area contributed by atoms with Gasteiger partial charge in [0.15, 0.2) is 0 Å². The maximum Gasteiger partial charge on any atom is 0.301 e. The third kappa shape index (κ3) is 3.42. The lowest BCUT2D eigenvalue weighted by molar-refractivity contribution is 0.499. The third-order valence-electron chi connectivity index (χ3n) is 2.50. The van der Waals surface area contributed by atoms with Gasteiger partial charge in [-0.05, 0) is 41.5 Å². The van der Waals surface area contributed by atoms with E-state index >= 15 is 0 Å². The summed E-state index contributed by atoms with van der Waals surface area (Å²) in [6.07, 6.45) is 2.91. The Morgan fingerprint density at radius 3 is 2.10 bits per heavy atom. The van der Waals surface area contributed by atoms with Gasteiger partial charge in [-0.15, -0.1) is 0 Å². The fourth-order valence-electron chi connectivity index (χ4n) is 1.74. The average Bonchev–Trinajstić information content (AvgIpc) is 2.24. The van der Waals surface area contributed by atoms with Crippen LogP contribution in [-0.4, -0.2) is 18.2 Å². The van der Waals surface area contributed by atoms with Gasteiger partial charge in [-0.1, -0.05) is 46.4 Å². The molecule has 0 fully saturated rings. The van der Waals surface area contributed by atoms with Gasteiger partial charge < -0.3 is 0 Å². The van der Waals surface area contributed by atoms with E-state index in [9.17, 15) is 8.42 Å². The van der Waals surface area contributed by atoms with Gasteiger partial charge in [-0.3, -0.25) is 0 Å². The molecule has 108 valence electrons. The molecule has 20 heavy (non-hydrogen) atoms. The smallest absolute Gasteiger partial charge is 0.226 e. The molecule has 0 bridgehead atoms. The molecule has 1 aliphatic rings. The molecule has 9 heteroatoms. The summed E-state index contributed by atoms with van der Waals surface area (Å²) in [5.41, 5.74) is 0.231. The zero-order chi connectivity index (χ0) is 15.1. The van der Waals surface area contributed by atoms with Crippen molar-refractivity contribution in [1.82, 2.24) is 4.31 Å². The van der Waals surface area contributed by atoms with E-state index in [0.29, 0.717) is 25.5 Å². The molecule has 2 N–H and O–H groups in total. The Hall–Kier alpha value is -0.430. The molecule has 0 aromatic heterocycles. The first-order chi connectivity index (χ1) is 9.18. The van der Waals surface area contributed by atoms with Gasteiger partial charge in [0, 0.05) is 10.0 Å². The van der Waals surface area contributed by atoms with Crippen LogP contribution >= 0.6 is 46.4 Å². The highest BCUT2D eigenvalue weighted by atomic mass is 35.5. The van der Waals surface area contributed by atoms with E-state index in [4.69, 9.17) is 51.5 Å². The Labute approximate surface area is 136 Å². The molecule has 0 amide bonds. The molecule has 0 radical (unpaired) electrons. The minimum atomic E-state index is -4.04. The average molecular weight is 374 g/mol. The Kier molecular flexibility index (Phi) is 4.59. The van der Waals surface area contributed by atoms with Crippen LogP contribution in [0, 0.1) is 0 Å². The van der Waals surface area contributed by atoms with E-state index in [-0.39, 0.29) is 5.16 Å². The van der Waals surface area contributed by atoms with Crippen molar-refractivity contribution in [3.63, 3.8) is 0 Å². The zero-order valence-electron chi connectivity index (χ0n) is 9.73. The molecule has 0 saturated carbocycles. The van der Waals surface area contributed by atoms with Crippen molar-refractivity contribution >= 4 is 62.2 Å². The van der Waals surface area contributed by atoms with Crippen molar-refractivity contribution in [3.05, 3.63) is 51.1 Å². The van der Waals surface area contributed by atoms with Crippen molar-refractivity contribution in [2.24, 2.45) is 5.14 Å². The molecule has 1 aromatic carbocycles. The first-order valence-corrected chi connectivity index (χ1v) is 8.27. The molecule has 1 aromatic rings. The molecule has 0 saturated heterocycles. The largest absolute Gasteiger partial charge is 0.301 e. The Balaban J connectivity index is 2.47. The van der Waals surface area contributed by atoms with Crippen LogP contribution in [-0.2, 0) is 10.2 Å². The molecular weight excluding hydrogens is 366 g/mol. The number of rotatable bonds is 2. The maximum absolute atomic E-state index is 11.4. The summed E-state index contributed by atoms with van der Waals surface area (Å²) in [7, 11) is -4.04. The van der Waals surface area contributed by atoms with Crippen LogP contribution in [0.2, 0.25) is 10.0 Å². The lowest BCUT2D eigenvalue weighted by atomic mass is 10.0. The van der Waals surface area contributed by atoms with Gasteiger partial charge in [-0.2, -0.15) is 8.42 Å². The monoisotopic (exact) mass is 372 g/mol. The summed E-state index contributed by atoms with van der Waals surface area (Å²) < 4.78 is 23.5. The number of nitrogens with two attached hydrogens (primary N) is 1. The number of hydrogen-bond donors (Lipinski definition) is 1. The highest BCUT2D eigenvalue weighted by Crippen LogP contribution is 2.33. The highest BCUT2D eigenvalue weighted by Gasteiger charge is 2.29. The molecule has 0 aliphatic carbocycles. The van der Waals surface area contributed by atoms with Crippen LogP contribution in [0.5, 0.6) is 0 Å². The molecule has 4 nitrogen and oxygen atoms in total. The van der Waals surface area contributed by atoms with Crippen LogP contribution in [0.4, 0.5) is 0 Å². The van der Waals surface area contributed by atoms with Crippen molar-refractivity contribution in [2.75, 3.05) is 0 Å². The summed E-state index contributed by atoms with van der Waals surface area (Å²) in [6, 6.07) is 4.91. The predicted molar refractivity (Wildman–Crippen MR) is 83.0 cm³/mol. The Morgan fingerprint density at radius 2 is 1.65 bits per heavy atom. The summed E-state index contributed by atoms with van der Waals surface area (Å²) in [6.45, 7) is 0. The number of allylic oxidation sites excluding steroid dienone is 2. The van der Waals surface area contributed by atoms with Crippen LogP contribution in [0.1, 0.15) is 5.56 Å². The predicted octanol–water partition coefficient (Wildman–Crippen LogP) is 3.54. The summed E-state index contributed by atoms with van der Waals surface area (Å²) in [5.74, 6) is 0. The summed E-state index contributed by atoms with van der Waals surface area (Å²) >= 11 is 23.7. The van der Waals surface area contributed by atoms with E-state index in [2.05, 4.69) is 0 Å². The van der Waals surface area contributed by atoms with Gasteiger partial charge in [-0.25, -0.2) is 9.44 Å². The molecule has 2 rings (SSSR count). The molecule has 1 aliphatic heterocycles. The van der Waals surface area contributed by atoms with Crippen molar-refractivity contribution in [3.8, 4) is 0 Å². The minimum absolute atomic E-state index is 0.110. The number of alkyl halides is 1. The number of benzene rings is 1. The Bertz CT molecular complexity index is 695. The van der Waals surface area contributed by atoms with Crippen LogP contribution < -0.4 is 5.14 Å². The first kappa shape index (κ1) is 15.9. The Morgan fingerprint density at radius 1 is 1.10 bits per heavy atom. The van der Waals surface area contributed by atoms with Gasteiger partial charge in [0.2, 0.25) is 0 Å². The van der Waals surface area contributed by atoms with E-state index in [1.807, 2.05) is 0 Å². The second-order valence-electron chi connectivity index (χ2n) is 3.96. The quantitative estimate of drug-likeness (QED) is 0.636. The van der Waals surface area contributed by atoms with E-state index < -0.39 is 15.7 Å². The molecule has 1 unspecified atom stereocenters. The topological polar surface area (TPSA) is 63.4 Å². The lowest BCUT2D eigenvalue weighted by Gasteiger charge is -2.28. The summed E-state index contributed by atoms with van der Waals surface area (Å²) in [5, 5.41) is 5.82. The van der Waals surface area contributed by atoms with E-state index in [1.54, 1.807) is 18.2 Å². The fourth-order valence-corrected chi connectivity index (χ4v) is 4.03. The third-order valence-corrected chi connectivity index (χ3v) is 4.73. The molecule has 1 heterocycles. The van der Waals surface area contributed by atoms with Crippen LogP contribution in [0.3, 0.4) is 0 Å². The second kappa shape index (κ2) is 5.75. The van der Waals surface area contributed by atoms with Crippen LogP contribution in [0.25, 0.3) is 5.57 Å². The van der Waals surface area contributed by atoms with Gasteiger partial charge in [0.25, 0.3) is 0 Å². The van der Waals surface area contributed by atoms with Gasteiger partial charge in [0.1, 0.15) is 10.7 Å². The molecule has 1 atom stereocenters. The number of hydrogen-bond acceptors (Lipinski definition) is 2. The lowest BCUT2D eigenvalue weighted by Crippen LogP contribution is -2.40. The number of halogens is 4. The SMILES string of the molecule is NS(=O)(=O)N1C(Cl)=CC(c2cc(Cl)cc(Cl)c2)=CC1Cl. The van der Waals surface area contributed by atoms with Gasteiger partial charge >= 0.3 is 10.2 Å². The molecule has 0 spiro atoms. The molecular formula is C11H8Cl4N2O2S. The van der Waals surface area contributed by atoms with E-state index in [1.165, 1.54) is 12.2 Å². The van der Waals surface area contributed by atoms with Crippen molar-refractivity contribution in [1.29, 1.82) is 0 Å². The standard InChI is InChI=1S/C11H8Cl4N2O2S/c12-8-1-6(2-9(13)5-8)7-3-10(14)17(11(15)4-7)20(16,18)19/h1-5,10H,(H2,16,18,19).